The summed E-state index contributed by atoms with van der Waals surface area (Å²) >= 11 is 0. The predicted molar refractivity (Wildman–Crippen MR) is 215 cm³/mol. The van der Waals surface area contributed by atoms with Gasteiger partial charge in [0.25, 0.3) is 11.8 Å². The molecule has 0 radical (unpaired) electrons. The molecule has 4 aliphatic rings. The zero-order chi connectivity index (χ0) is 44.7. The van der Waals surface area contributed by atoms with Gasteiger partial charge in [0.1, 0.15) is 36.6 Å². The number of carbonyl (C=O) groups excluding carboxylic acids is 3. The van der Waals surface area contributed by atoms with Crippen LogP contribution in [0.4, 0.5) is 0 Å². The fourth-order valence-electron chi connectivity index (χ4n) is 11.8. The van der Waals surface area contributed by atoms with Gasteiger partial charge in [-0.05, 0) is 117 Å². The van der Waals surface area contributed by atoms with Crippen LogP contribution in [-0.4, -0.2) is 184 Å². The summed E-state index contributed by atoms with van der Waals surface area (Å²) in [5, 5.41) is 124. The molecule has 18 atom stereocenters. The first-order chi connectivity index (χ1) is 28.2. The molecular formula is C42H75N3O15. The number of aliphatic hydroxyl groups is 12. The Bertz CT molecular complexity index is 1350. The number of fused-ring (bicyclic) bond motifs is 5. The molecule has 18 nitrogen and oxygen atoms in total. The molecule has 3 amide bonds. The minimum absolute atomic E-state index is 0.0491. The molecule has 14 N–H and O–H groups in total. The summed E-state index contributed by atoms with van der Waals surface area (Å²) < 4.78 is 0. The van der Waals surface area contributed by atoms with Gasteiger partial charge in [0.2, 0.25) is 5.91 Å². The highest BCUT2D eigenvalue weighted by Gasteiger charge is 2.63. The van der Waals surface area contributed by atoms with E-state index in [4.69, 9.17) is 10.2 Å². The lowest BCUT2D eigenvalue weighted by Gasteiger charge is -2.62. The Kier molecular flexibility index (Phi) is 18.6. The van der Waals surface area contributed by atoms with Crippen molar-refractivity contribution in [3.8, 4) is 0 Å². The number of carbonyl (C=O) groups is 3. The predicted octanol–water partition coefficient (Wildman–Crippen LogP) is -2.89. The van der Waals surface area contributed by atoms with Crippen molar-refractivity contribution in [2.45, 2.75) is 159 Å². The quantitative estimate of drug-likeness (QED) is 0.0486. The van der Waals surface area contributed by atoms with Crippen LogP contribution in [0, 0.1) is 46.3 Å². The molecule has 4 fully saturated rings. The second-order valence-corrected chi connectivity index (χ2v) is 18.9. The standard InChI is InChI=1S/C42H75N3O15/c1-22(26-9-10-27-25-8-7-23-18-24(48)12-13-41(23,2)28(25)19-31(51)42(26,27)3)6-11-32(52)45(16-4-14-43-39(59)37(57)35(55)33(53)29(49)20-46)17-5-15-44-40(60)38(58)36(56)34(54)30(50)21-47/h22-31,33-38,46-51,53-58H,4-21H2,1-3H3,(H,43,59)(H,44,60)/t22?,23?,24-,25?,26-,27?,28?,29?,30?,31+,33?,34?,35?,36?,37?,38?,41+,42-/m1/s1. The second kappa shape index (κ2) is 22.0. The number of rotatable bonds is 22. The summed E-state index contributed by atoms with van der Waals surface area (Å²) in [5.74, 6) is -0.145. The van der Waals surface area contributed by atoms with Crippen LogP contribution in [0.15, 0.2) is 0 Å². The van der Waals surface area contributed by atoms with Crippen LogP contribution >= 0.6 is 0 Å². The van der Waals surface area contributed by atoms with E-state index >= 15 is 0 Å². The lowest BCUT2D eigenvalue weighted by Crippen LogP contribution is -2.58. The minimum atomic E-state index is -2.11. The van der Waals surface area contributed by atoms with Gasteiger partial charge in [-0.3, -0.25) is 14.4 Å². The minimum Gasteiger partial charge on any atom is -0.394 e. The van der Waals surface area contributed by atoms with Crippen LogP contribution in [0.1, 0.15) is 97.8 Å². The summed E-state index contributed by atoms with van der Waals surface area (Å²) in [6, 6.07) is 0. The van der Waals surface area contributed by atoms with Crippen molar-refractivity contribution in [3.05, 3.63) is 0 Å². The Morgan fingerprint density at radius 1 is 0.700 bits per heavy atom. The topological polar surface area (TPSA) is 321 Å². The molecule has 0 heterocycles. The van der Waals surface area contributed by atoms with Crippen LogP contribution in [0.5, 0.6) is 0 Å². The van der Waals surface area contributed by atoms with Crippen molar-refractivity contribution in [1.82, 2.24) is 15.5 Å². The molecule has 4 rings (SSSR count). The van der Waals surface area contributed by atoms with E-state index < -0.39 is 80.0 Å². The van der Waals surface area contributed by atoms with Gasteiger partial charge in [-0.25, -0.2) is 0 Å². The van der Waals surface area contributed by atoms with E-state index in [0.717, 1.165) is 51.4 Å². The fraction of sp³-hybridized carbons (Fsp3) is 0.929. The zero-order valence-electron chi connectivity index (χ0n) is 35.5. The maximum Gasteiger partial charge on any atom is 0.251 e. The molecule has 0 aromatic rings. The number of hydrogen-bond acceptors (Lipinski definition) is 15. The highest BCUT2D eigenvalue weighted by atomic mass is 16.4. The Morgan fingerprint density at radius 2 is 1.23 bits per heavy atom. The number of aliphatic hydroxyl groups excluding tert-OH is 12. The Morgan fingerprint density at radius 3 is 1.75 bits per heavy atom. The third-order valence-corrected chi connectivity index (χ3v) is 15.5. The van der Waals surface area contributed by atoms with E-state index in [1.54, 1.807) is 4.90 Å². The molecule has 60 heavy (non-hydrogen) atoms. The number of amides is 3. The number of hydrogen-bond donors (Lipinski definition) is 14. The van der Waals surface area contributed by atoms with Crippen molar-refractivity contribution in [2.24, 2.45) is 46.3 Å². The molecule has 0 saturated heterocycles. The first-order valence-corrected chi connectivity index (χ1v) is 22.1. The Balaban J connectivity index is 1.35. The van der Waals surface area contributed by atoms with Crippen molar-refractivity contribution in [3.63, 3.8) is 0 Å². The summed E-state index contributed by atoms with van der Waals surface area (Å²) in [6.07, 6.45) is -7.85. The number of nitrogens with zero attached hydrogens (tertiary/aromatic N) is 1. The van der Waals surface area contributed by atoms with E-state index in [9.17, 15) is 65.4 Å². The third kappa shape index (κ3) is 11.2. The van der Waals surface area contributed by atoms with Crippen molar-refractivity contribution in [1.29, 1.82) is 0 Å². The summed E-state index contributed by atoms with van der Waals surface area (Å²) in [6.45, 7) is 5.15. The van der Waals surface area contributed by atoms with Gasteiger partial charge in [-0.2, -0.15) is 0 Å². The zero-order valence-corrected chi connectivity index (χ0v) is 35.5. The molecule has 4 aliphatic carbocycles. The smallest absolute Gasteiger partial charge is 0.251 e. The van der Waals surface area contributed by atoms with E-state index in [2.05, 4.69) is 31.4 Å². The van der Waals surface area contributed by atoms with E-state index in [0.29, 0.717) is 30.1 Å². The van der Waals surface area contributed by atoms with Gasteiger partial charge in [-0.15, -0.1) is 0 Å². The lowest BCUT2D eigenvalue weighted by atomic mass is 9.43. The van der Waals surface area contributed by atoms with Crippen molar-refractivity contribution < 1.29 is 75.7 Å². The van der Waals surface area contributed by atoms with E-state index in [1.807, 2.05) is 0 Å². The largest absolute Gasteiger partial charge is 0.394 e. The Hall–Kier alpha value is -2.07. The van der Waals surface area contributed by atoms with Crippen LogP contribution in [-0.2, 0) is 14.4 Å². The number of nitrogens with one attached hydrogen (secondary N) is 2. The fourth-order valence-corrected chi connectivity index (χ4v) is 11.8. The van der Waals surface area contributed by atoms with Gasteiger partial charge in [0.05, 0.1) is 25.4 Å². The SMILES string of the molecule is CC(CCC(=O)N(CCCNC(=O)C(O)C(O)C(O)C(O)CO)CCCNC(=O)C(O)C(O)C(O)C(O)CO)[C@H]1CCC2C3CCC4C[C@H](O)CC[C@]4(C)C3C[C@H](O)[C@@]21C. The van der Waals surface area contributed by atoms with Gasteiger partial charge in [-0.1, -0.05) is 20.8 Å². The molecule has 0 aliphatic heterocycles. The molecular weight excluding hydrogens is 786 g/mol. The van der Waals surface area contributed by atoms with Crippen LogP contribution < -0.4 is 10.6 Å². The average molecular weight is 862 g/mol. The highest BCUT2D eigenvalue weighted by molar-refractivity contribution is 5.81. The van der Waals surface area contributed by atoms with Gasteiger partial charge in [0.15, 0.2) is 12.2 Å². The first-order valence-electron chi connectivity index (χ1n) is 22.1. The van der Waals surface area contributed by atoms with Crippen LogP contribution in [0.25, 0.3) is 0 Å². The maximum absolute atomic E-state index is 13.8. The van der Waals surface area contributed by atoms with Gasteiger partial charge in [0, 0.05) is 32.6 Å². The molecule has 0 aromatic carbocycles. The van der Waals surface area contributed by atoms with E-state index in [1.165, 1.54) is 0 Å². The molecule has 13 unspecified atom stereocenters. The monoisotopic (exact) mass is 862 g/mol. The van der Waals surface area contributed by atoms with Crippen molar-refractivity contribution in [2.75, 3.05) is 39.4 Å². The van der Waals surface area contributed by atoms with Crippen LogP contribution in [0.2, 0.25) is 0 Å². The normalized spacial score (nSPS) is 34.6. The summed E-state index contributed by atoms with van der Waals surface area (Å²) in [7, 11) is 0. The van der Waals surface area contributed by atoms with Gasteiger partial charge >= 0.3 is 0 Å². The molecule has 348 valence electrons. The first kappa shape index (κ1) is 50.6. The third-order valence-electron chi connectivity index (χ3n) is 15.5. The van der Waals surface area contributed by atoms with Crippen LogP contribution in [0.3, 0.4) is 0 Å². The average Bonchev–Trinajstić information content (AvgIpc) is 3.61. The summed E-state index contributed by atoms with van der Waals surface area (Å²) in [5.41, 5.74) is -0.164. The van der Waals surface area contributed by atoms with Gasteiger partial charge < -0.3 is 76.8 Å². The summed E-state index contributed by atoms with van der Waals surface area (Å²) in [4.78, 5) is 40.3. The van der Waals surface area contributed by atoms with E-state index in [-0.39, 0.29) is 80.1 Å². The molecule has 4 saturated carbocycles. The lowest BCUT2D eigenvalue weighted by molar-refractivity contribution is -0.175. The maximum atomic E-state index is 13.8. The molecule has 0 spiro atoms. The molecule has 18 heteroatoms. The molecule has 0 bridgehead atoms. The highest BCUT2D eigenvalue weighted by Crippen LogP contribution is 2.68. The Labute approximate surface area is 353 Å². The van der Waals surface area contributed by atoms with Crippen molar-refractivity contribution >= 4 is 17.7 Å². The molecule has 0 aromatic heterocycles. The second-order valence-electron chi connectivity index (χ2n) is 18.9.